The number of fused-ring (bicyclic) bond motifs is 1. The fourth-order valence-electron chi connectivity index (χ4n) is 3.08. The van der Waals surface area contributed by atoms with Gasteiger partial charge in [-0.25, -0.2) is 19.2 Å². The van der Waals surface area contributed by atoms with Gasteiger partial charge in [0.05, 0.1) is 24.5 Å². The van der Waals surface area contributed by atoms with Gasteiger partial charge in [-0.2, -0.15) is 57.8 Å². The van der Waals surface area contributed by atoms with Crippen molar-refractivity contribution in [2.24, 2.45) is 0 Å². The Hall–Kier alpha value is -5.53. The van der Waals surface area contributed by atoms with Gasteiger partial charge in [0.1, 0.15) is 6.10 Å². The molecule has 0 fully saturated rings. The number of alkyl halides is 12. The third-order valence-corrected chi connectivity index (χ3v) is 5.27. The molecule has 53 heavy (non-hydrogen) atoms. The molecule has 0 aromatic carbocycles. The van der Waals surface area contributed by atoms with Crippen LogP contribution in [0.25, 0.3) is 0 Å². The van der Waals surface area contributed by atoms with E-state index >= 15 is 0 Å². The fraction of sp³-hybridized carbons (Fsp3) is 0.370. The topological polar surface area (TPSA) is 214 Å². The molecule has 3 aromatic rings. The summed E-state index contributed by atoms with van der Waals surface area (Å²) in [4.78, 5) is 44.1. The molecule has 14 nitrogen and oxygen atoms in total. The lowest BCUT2D eigenvalue weighted by Crippen LogP contribution is -2.27. The molecule has 1 aliphatic heterocycles. The van der Waals surface area contributed by atoms with Gasteiger partial charge in [-0.15, -0.1) is 0 Å². The summed E-state index contributed by atoms with van der Waals surface area (Å²) < 4.78 is 135. The second-order valence-electron chi connectivity index (χ2n) is 9.37. The van der Waals surface area contributed by atoms with Crippen molar-refractivity contribution in [3.8, 4) is 0 Å². The number of aliphatic carboxylic acids is 4. The molecular formula is C27H25F12N5O9. The van der Waals surface area contributed by atoms with Crippen LogP contribution in [-0.2, 0) is 43.4 Å². The van der Waals surface area contributed by atoms with Crippen molar-refractivity contribution in [3.63, 3.8) is 0 Å². The highest BCUT2D eigenvalue weighted by atomic mass is 19.4. The lowest BCUT2D eigenvalue weighted by Gasteiger charge is -2.22. The zero-order valence-corrected chi connectivity index (χ0v) is 26.0. The van der Waals surface area contributed by atoms with Crippen LogP contribution in [0.4, 0.5) is 52.7 Å². The van der Waals surface area contributed by atoms with Crippen LogP contribution in [0, 0.1) is 0 Å². The Kier molecular flexibility index (Phi) is 18.9. The van der Waals surface area contributed by atoms with Gasteiger partial charge in [-0.3, -0.25) is 14.6 Å². The van der Waals surface area contributed by atoms with Gasteiger partial charge in [0.25, 0.3) is 0 Å². The summed E-state index contributed by atoms with van der Waals surface area (Å²) in [6.45, 7) is 2.94. The highest BCUT2D eigenvalue weighted by Crippen LogP contribution is 2.25. The molecule has 0 radical (unpaired) electrons. The summed E-state index contributed by atoms with van der Waals surface area (Å²) in [6, 6.07) is 9.96. The Labute approximate surface area is 287 Å². The number of pyridine rings is 2. The van der Waals surface area contributed by atoms with Crippen molar-refractivity contribution >= 4 is 23.9 Å². The molecule has 26 heteroatoms. The first-order chi connectivity index (χ1) is 24.2. The summed E-state index contributed by atoms with van der Waals surface area (Å²) in [5, 5.41) is 36.7. The number of nitrogens with zero attached hydrogens (tertiary/aromatic N) is 4. The van der Waals surface area contributed by atoms with Crippen LogP contribution in [0.3, 0.4) is 0 Å². The Morgan fingerprint density at radius 3 is 1.64 bits per heavy atom. The average molecular weight is 791 g/mol. The minimum Gasteiger partial charge on any atom is -0.475 e. The van der Waals surface area contributed by atoms with Gasteiger partial charge in [-0.1, -0.05) is 12.1 Å². The monoisotopic (exact) mass is 791 g/mol. The molecule has 3 aromatic heterocycles. The summed E-state index contributed by atoms with van der Waals surface area (Å²) in [5.74, 6) is -11.0. The number of carbonyl (C=O) groups is 4. The highest BCUT2D eigenvalue weighted by molar-refractivity contribution is 5.74. The number of nitrogens with one attached hydrogen (secondary N) is 1. The molecule has 5 N–H and O–H groups in total. The second-order valence-corrected chi connectivity index (χ2v) is 9.37. The molecule has 0 amide bonds. The summed E-state index contributed by atoms with van der Waals surface area (Å²) >= 11 is 0. The Morgan fingerprint density at radius 2 is 1.25 bits per heavy atom. The van der Waals surface area contributed by atoms with E-state index in [9.17, 15) is 52.7 Å². The molecule has 0 saturated carbocycles. The van der Waals surface area contributed by atoms with E-state index in [1.165, 1.54) is 11.1 Å². The smallest absolute Gasteiger partial charge is 0.475 e. The largest absolute Gasteiger partial charge is 0.490 e. The van der Waals surface area contributed by atoms with Crippen LogP contribution in [0.5, 0.6) is 0 Å². The number of ether oxygens (including phenoxy) is 1. The van der Waals surface area contributed by atoms with Gasteiger partial charge in [-0.05, 0) is 35.7 Å². The second kappa shape index (κ2) is 21.1. The SMILES string of the molecule is O=C(O)C(F)(F)F.O=C(O)C(F)(F)F.O=C(O)C(F)(F)F.O=C(O)C(F)(F)F.c1ccc(Cn2cc3c(n2)C(CNCc2cccnc2)OCC3)nc1. The fourth-order valence-corrected chi connectivity index (χ4v) is 3.08. The highest BCUT2D eigenvalue weighted by Gasteiger charge is 2.40. The third kappa shape index (κ3) is 20.8. The maximum Gasteiger partial charge on any atom is 0.490 e. The van der Waals surface area contributed by atoms with E-state index in [4.69, 9.17) is 49.4 Å². The maximum absolute atomic E-state index is 10.6. The number of hydrogen-bond donors (Lipinski definition) is 5. The molecule has 0 spiro atoms. The van der Waals surface area contributed by atoms with E-state index in [1.807, 2.05) is 41.3 Å². The lowest BCUT2D eigenvalue weighted by atomic mass is 10.1. The van der Waals surface area contributed by atoms with Crippen LogP contribution in [0.15, 0.2) is 55.1 Å². The van der Waals surface area contributed by atoms with Crippen molar-refractivity contribution in [1.82, 2.24) is 25.1 Å². The first kappa shape index (κ1) is 47.5. The van der Waals surface area contributed by atoms with Crippen LogP contribution in [0.1, 0.15) is 28.6 Å². The normalized spacial score (nSPS) is 13.8. The van der Waals surface area contributed by atoms with Gasteiger partial charge in [0.15, 0.2) is 0 Å². The number of rotatable bonds is 6. The standard InChI is InChI=1S/C19H21N5O.4C2HF3O2/c1-2-8-22-17(5-1)14-24-13-16-6-9-25-18(19(16)23-24)12-21-11-15-4-3-7-20-10-15;4*3-2(4,5)1(6)7/h1-5,7-8,10,13,18,21H,6,9,11-12,14H2;4*(H,6,7). The number of carboxylic acids is 4. The Morgan fingerprint density at radius 1 is 0.755 bits per heavy atom. The van der Waals surface area contributed by atoms with Crippen LogP contribution >= 0.6 is 0 Å². The van der Waals surface area contributed by atoms with E-state index in [0.717, 1.165) is 37.5 Å². The zero-order chi connectivity index (χ0) is 41.2. The van der Waals surface area contributed by atoms with Gasteiger partial charge in [0, 0.05) is 37.9 Å². The number of hydrogen-bond acceptors (Lipinski definition) is 9. The lowest BCUT2D eigenvalue weighted by molar-refractivity contribution is -0.193. The molecule has 1 unspecified atom stereocenters. The Balaban J connectivity index is 0.000000791. The van der Waals surface area contributed by atoms with Gasteiger partial charge < -0.3 is 30.5 Å². The van der Waals surface area contributed by atoms with Crippen molar-refractivity contribution in [2.45, 2.75) is 50.3 Å². The van der Waals surface area contributed by atoms with Crippen LogP contribution in [0.2, 0.25) is 0 Å². The molecule has 4 rings (SSSR count). The van der Waals surface area contributed by atoms with E-state index < -0.39 is 48.6 Å². The molecule has 4 heterocycles. The maximum atomic E-state index is 10.6. The molecule has 1 aliphatic rings. The molecule has 1 atom stereocenters. The van der Waals surface area contributed by atoms with Gasteiger partial charge in [0.2, 0.25) is 0 Å². The minimum atomic E-state index is -5.08. The molecule has 0 aliphatic carbocycles. The first-order valence-corrected chi connectivity index (χ1v) is 13.5. The van der Waals surface area contributed by atoms with E-state index in [1.54, 1.807) is 6.20 Å². The Bertz CT molecular complexity index is 1490. The van der Waals surface area contributed by atoms with Crippen molar-refractivity contribution < 1.29 is 97.0 Å². The van der Waals surface area contributed by atoms with E-state index in [0.29, 0.717) is 6.54 Å². The zero-order valence-electron chi connectivity index (χ0n) is 26.0. The molecule has 0 bridgehead atoms. The summed E-state index contributed by atoms with van der Waals surface area (Å²) in [7, 11) is 0. The first-order valence-electron chi connectivity index (χ1n) is 13.5. The van der Waals surface area contributed by atoms with Gasteiger partial charge >= 0.3 is 48.6 Å². The third-order valence-electron chi connectivity index (χ3n) is 5.27. The van der Waals surface area contributed by atoms with Crippen LogP contribution < -0.4 is 5.32 Å². The van der Waals surface area contributed by atoms with E-state index in [2.05, 4.69) is 27.5 Å². The number of halogens is 12. The average Bonchev–Trinajstić information content (AvgIpc) is 3.45. The molecule has 0 saturated heterocycles. The van der Waals surface area contributed by atoms with E-state index in [-0.39, 0.29) is 6.10 Å². The van der Waals surface area contributed by atoms with Crippen molar-refractivity contribution in [1.29, 1.82) is 0 Å². The van der Waals surface area contributed by atoms with Crippen molar-refractivity contribution in [2.75, 3.05) is 13.2 Å². The summed E-state index contributed by atoms with van der Waals surface area (Å²) in [6.07, 6.45) is -11.8. The van der Waals surface area contributed by atoms with Crippen molar-refractivity contribution in [3.05, 3.63) is 77.6 Å². The molecule has 296 valence electrons. The predicted octanol–water partition coefficient (Wildman–Crippen LogP) is 4.66. The predicted molar refractivity (Wildman–Crippen MR) is 149 cm³/mol. The number of carboxylic acid groups (broad SMARTS) is 4. The molecular weight excluding hydrogens is 766 g/mol. The number of aromatic nitrogens is 4. The summed E-state index contributed by atoms with van der Waals surface area (Å²) in [5.41, 5.74) is 4.49. The van der Waals surface area contributed by atoms with Crippen LogP contribution in [-0.4, -0.2) is 102 Å². The minimum absolute atomic E-state index is 0.00889. The quantitative estimate of drug-likeness (QED) is 0.215.